The fourth-order valence-corrected chi connectivity index (χ4v) is 6.18. The van der Waals surface area contributed by atoms with Crippen molar-refractivity contribution in [2.45, 2.75) is 63.3 Å². The first kappa shape index (κ1) is 19.7. The first-order chi connectivity index (χ1) is 14.2. The quantitative estimate of drug-likeness (QED) is 0.583. The van der Waals surface area contributed by atoms with Crippen LogP contribution < -0.4 is 10.6 Å². The largest absolute Gasteiger partial charge is 0.377 e. The van der Waals surface area contributed by atoms with Crippen molar-refractivity contribution >= 4 is 17.6 Å². The van der Waals surface area contributed by atoms with Gasteiger partial charge in [-0.2, -0.15) is 0 Å². The van der Waals surface area contributed by atoms with Crippen LogP contribution in [-0.4, -0.2) is 55.8 Å². The Labute approximate surface area is 179 Å². The van der Waals surface area contributed by atoms with E-state index in [1.165, 1.54) is 31.2 Å². The Bertz CT molecular complexity index is 740. The first-order valence-electron chi connectivity index (χ1n) is 11.3. The molecule has 0 aromatic heterocycles. The number of rotatable bonds is 4. The Morgan fingerprint density at radius 3 is 2.59 bits per heavy atom. The Morgan fingerprint density at radius 2 is 1.93 bits per heavy atom. The highest BCUT2D eigenvalue weighted by atomic mass is 35.5. The van der Waals surface area contributed by atoms with E-state index in [0.29, 0.717) is 29.5 Å². The van der Waals surface area contributed by atoms with E-state index in [9.17, 15) is 0 Å². The Kier molecular flexibility index (Phi) is 5.48. The number of piperidine rings is 1. The molecule has 1 aromatic carbocycles. The molecule has 2 N–H and O–H groups in total. The normalized spacial score (nSPS) is 31.8. The van der Waals surface area contributed by atoms with E-state index in [-0.39, 0.29) is 0 Å². The molecule has 5 nitrogen and oxygen atoms in total. The Hall–Kier alpha value is -1.30. The van der Waals surface area contributed by atoms with Crippen molar-refractivity contribution in [1.29, 1.82) is 0 Å². The Balaban J connectivity index is 1.11. The summed E-state index contributed by atoms with van der Waals surface area (Å²) in [4.78, 5) is 7.10. The molecule has 2 saturated carbocycles. The molecule has 3 unspecified atom stereocenters. The number of fused-ring (bicyclic) bond motifs is 2. The van der Waals surface area contributed by atoms with Crippen LogP contribution in [0.5, 0.6) is 0 Å². The molecular weight excluding hydrogens is 384 g/mol. The third kappa shape index (κ3) is 3.66. The lowest BCUT2D eigenvalue weighted by Gasteiger charge is -2.63. The second-order valence-corrected chi connectivity index (χ2v) is 9.78. The van der Waals surface area contributed by atoms with E-state index in [1.807, 2.05) is 19.2 Å². The van der Waals surface area contributed by atoms with Crippen molar-refractivity contribution in [3.63, 3.8) is 0 Å². The molecule has 2 saturated heterocycles. The molecule has 0 bridgehead atoms. The van der Waals surface area contributed by atoms with E-state index < -0.39 is 0 Å². The summed E-state index contributed by atoms with van der Waals surface area (Å²) >= 11 is 6.00. The molecule has 0 radical (unpaired) electrons. The second kappa shape index (κ2) is 8.09. The molecule has 158 valence electrons. The third-order valence-electron chi connectivity index (χ3n) is 7.80. The van der Waals surface area contributed by atoms with Crippen LogP contribution in [0.2, 0.25) is 5.02 Å². The van der Waals surface area contributed by atoms with Gasteiger partial charge in [-0.15, -0.1) is 0 Å². The van der Waals surface area contributed by atoms with E-state index in [2.05, 4.69) is 32.7 Å². The average molecular weight is 417 g/mol. The predicted octanol–water partition coefficient (Wildman–Crippen LogP) is 3.43. The number of halogens is 1. The minimum absolute atomic E-state index is 0.390. The number of ether oxygens (including phenoxy) is 1. The van der Waals surface area contributed by atoms with Crippen molar-refractivity contribution in [1.82, 2.24) is 15.5 Å². The van der Waals surface area contributed by atoms with Gasteiger partial charge >= 0.3 is 0 Å². The van der Waals surface area contributed by atoms with Gasteiger partial charge in [0.1, 0.15) is 0 Å². The zero-order valence-corrected chi connectivity index (χ0v) is 18.1. The van der Waals surface area contributed by atoms with Gasteiger partial charge in [0, 0.05) is 61.7 Å². The zero-order chi connectivity index (χ0) is 19.8. The maximum absolute atomic E-state index is 6.06. The molecule has 0 amide bonds. The molecule has 4 fully saturated rings. The molecular formula is C23H33ClN4O. The summed E-state index contributed by atoms with van der Waals surface area (Å²) < 4.78 is 6.06. The highest BCUT2D eigenvalue weighted by Gasteiger charge is 2.66. The van der Waals surface area contributed by atoms with Gasteiger partial charge in [0.25, 0.3) is 0 Å². The lowest BCUT2D eigenvalue weighted by atomic mass is 9.46. The number of hydrogen-bond acceptors (Lipinski definition) is 3. The lowest BCUT2D eigenvalue weighted by Crippen LogP contribution is -2.72. The van der Waals surface area contributed by atoms with Crippen LogP contribution in [0.4, 0.5) is 0 Å². The first-order valence-corrected chi connectivity index (χ1v) is 11.6. The third-order valence-corrected chi connectivity index (χ3v) is 8.05. The highest BCUT2D eigenvalue weighted by molar-refractivity contribution is 6.30. The van der Waals surface area contributed by atoms with Gasteiger partial charge in [-0.05, 0) is 49.8 Å². The van der Waals surface area contributed by atoms with Crippen LogP contribution in [0, 0.1) is 11.3 Å². The van der Waals surface area contributed by atoms with Gasteiger partial charge in [-0.25, -0.2) is 0 Å². The van der Waals surface area contributed by atoms with Crippen LogP contribution in [-0.2, 0) is 11.3 Å². The fourth-order valence-electron chi connectivity index (χ4n) is 6.05. The minimum atomic E-state index is 0.390. The molecule has 1 aromatic rings. The molecule has 2 heterocycles. The van der Waals surface area contributed by atoms with Gasteiger partial charge in [-0.3, -0.25) is 9.89 Å². The molecule has 3 atom stereocenters. The summed E-state index contributed by atoms with van der Waals surface area (Å²) in [5, 5.41) is 8.33. The number of nitrogens with one attached hydrogen (secondary N) is 2. The molecule has 2 aliphatic heterocycles. The zero-order valence-electron chi connectivity index (χ0n) is 17.4. The standard InChI is InChI=1S/C23H33ClN4O/c1-25-22(27-20-19-9-14-29-21(19)23(20)10-2-11-23)26-18-7-12-28(13-8-18)15-16-3-5-17(24)6-4-16/h3-6,18-21H,2,7-15H2,1H3,(H2,25,26,27). The Morgan fingerprint density at radius 1 is 1.17 bits per heavy atom. The fraction of sp³-hybridized carbons (Fsp3) is 0.696. The summed E-state index contributed by atoms with van der Waals surface area (Å²) in [5.41, 5.74) is 1.73. The predicted molar refractivity (Wildman–Crippen MR) is 117 cm³/mol. The van der Waals surface area contributed by atoms with Crippen LogP contribution in [0.25, 0.3) is 0 Å². The summed E-state index contributed by atoms with van der Waals surface area (Å²) in [6.45, 7) is 4.17. The van der Waals surface area contributed by atoms with E-state index >= 15 is 0 Å². The van der Waals surface area contributed by atoms with Crippen molar-refractivity contribution in [2.75, 3.05) is 26.7 Å². The topological polar surface area (TPSA) is 48.9 Å². The molecule has 4 aliphatic rings. The van der Waals surface area contributed by atoms with Gasteiger partial charge in [-0.1, -0.05) is 30.2 Å². The number of likely N-dealkylation sites (tertiary alicyclic amines) is 1. The second-order valence-electron chi connectivity index (χ2n) is 9.35. The summed E-state index contributed by atoms with van der Waals surface area (Å²) in [6.07, 6.45) is 7.98. The lowest BCUT2D eigenvalue weighted by molar-refractivity contribution is -0.171. The van der Waals surface area contributed by atoms with Crippen LogP contribution in [0.1, 0.15) is 44.1 Å². The van der Waals surface area contributed by atoms with Gasteiger partial charge in [0.15, 0.2) is 5.96 Å². The molecule has 29 heavy (non-hydrogen) atoms. The molecule has 6 heteroatoms. The molecule has 5 rings (SSSR count). The number of nitrogens with zero attached hydrogens (tertiary/aromatic N) is 2. The SMILES string of the molecule is CN=C(NC1CCN(Cc2ccc(Cl)cc2)CC1)NC1C2CCOC2C12CCC2. The summed E-state index contributed by atoms with van der Waals surface area (Å²) in [5.74, 6) is 1.66. The number of aliphatic imine (C=N–C) groups is 1. The summed E-state index contributed by atoms with van der Waals surface area (Å²) in [7, 11) is 1.90. The highest BCUT2D eigenvalue weighted by Crippen LogP contribution is 2.62. The van der Waals surface area contributed by atoms with E-state index in [0.717, 1.165) is 50.1 Å². The number of guanidine groups is 1. The van der Waals surface area contributed by atoms with Crippen LogP contribution in [0.3, 0.4) is 0 Å². The number of benzene rings is 1. The molecule has 2 aliphatic carbocycles. The van der Waals surface area contributed by atoms with E-state index in [1.54, 1.807) is 0 Å². The molecule has 1 spiro atoms. The van der Waals surface area contributed by atoms with Gasteiger partial charge < -0.3 is 15.4 Å². The van der Waals surface area contributed by atoms with Gasteiger partial charge in [0.2, 0.25) is 0 Å². The van der Waals surface area contributed by atoms with Crippen molar-refractivity contribution < 1.29 is 4.74 Å². The van der Waals surface area contributed by atoms with Crippen molar-refractivity contribution in [3.8, 4) is 0 Å². The maximum atomic E-state index is 6.06. The smallest absolute Gasteiger partial charge is 0.191 e. The number of hydrogen-bond donors (Lipinski definition) is 2. The van der Waals surface area contributed by atoms with Crippen molar-refractivity contribution in [3.05, 3.63) is 34.9 Å². The maximum Gasteiger partial charge on any atom is 0.191 e. The summed E-state index contributed by atoms with van der Waals surface area (Å²) in [6, 6.07) is 9.27. The van der Waals surface area contributed by atoms with Gasteiger partial charge in [0.05, 0.1) is 6.10 Å². The monoisotopic (exact) mass is 416 g/mol. The van der Waals surface area contributed by atoms with Crippen LogP contribution >= 0.6 is 11.6 Å². The van der Waals surface area contributed by atoms with Crippen molar-refractivity contribution in [2.24, 2.45) is 16.3 Å². The average Bonchev–Trinajstić information content (AvgIpc) is 3.12. The van der Waals surface area contributed by atoms with Crippen LogP contribution in [0.15, 0.2) is 29.3 Å². The van der Waals surface area contributed by atoms with E-state index in [4.69, 9.17) is 16.3 Å². The minimum Gasteiger partial charge on any atom is -0.377 e.